The van der Waals surface area contributed by atoms with Gasteiger partial charge in [0.05, 0.1) is 25.4 Å². The number of aliphatic hydroxyl groups is 3. The second-order valence-electron chi connectivity index (χ2n) is 6.26. The smallest absolute Gasteiger partial charge is 0.220 e. The van der Waals surface area contributed by atoms with Crippen molar-refractivity contribution in [3.8, 4) is 0 Å². The zero-order valence-electron chi connectivity index (χ0n) is 15.1. The minimum atomic E-state index is -1.18. The van der Waals surface area contributed by atoms with Crippen LogP contribution in [0.1, 0.15) is 44.9 Å². The molecular formula is C16H29DyN2O7S-. The maximum absolute atomic E-state index is 11.7. The second kappa shape index (κ2) is 16.2. The molecule has 27 heavy (non-hydrogen) atoms. The van der Waals surface area contributed by atoms with Gasteiger partial charge in [0.15, 0.2) is 12.2 Å². The van der Waals surface area contributed by atoms with Crippen LogP contribution in [0.15, 0.2) is 0 Å². The molecule has 0 aliphatic carbocycles. The molecule has 1 fully saturated rings. The molecule has 4 unspecified atom stereocenters. The van der Waals surface area contributed by atoms with Crippen LogP contribution in [0.5, 0.6) is 0 Å². The van der Waals surface area contributed by atoms with Crippen LogP contribution in [0.4, 0.5) is 0 Å². The molecule has 4 atom stereocenters. The Kier molecular flexibility index (Phi) is 16.4. The third kappa shape index (κ3) is 11.8. The maximum atomic E-state index is 11.7. The Bertz CT molecular complexity index is 434. The van der Waals surface area contributed by atoms with Crippen molar-refractivity contribution in [3.63, 3.8) is 0 Å². The first-order valence-corrected chi connectivity index (χ1v) is 9.30. The first-order valence-electron chi connectivity index (χ1n) is 8.89. The number of amides is 2. The van der Waals surface area contributed by atoms with E-state index in [9.17, 15) is 19.8 Å². The summed E-state index contributed by atoms with van der Waals surface area (Å²) in [5, 5.41) is 31.3. The van der Waals surface area contributed by atoms with Crippen LogP contribution in [0, 0.1) is 38.2 Å². The summed E-state index contributed by atoms with van der Waals surface area (Å²) in [4.78, 5) is 22.6. The molecule has 1 aliphatic rings. The van der Waals surface area contributed by atoms with E-state index in [4.69, 9.17) is 14.6 Å². The summed E-state index contributed by atoms with van der Waals surface area (Å²) < 4.78 is 12.8. The molecular weight excluding hydrogens is 527 g/mol. The molecule has 11 heteroatoms. The van der Waals surface area contributed by atoms with Gasteiger partial charge in [-0.15, -0.1) is 0 Å². The second-order valence-corrected chi connectivity index (χ2v) is 6.47. The number of rotatable bonds is 12. The average Bonchev–Trinajstić information content (AvgIpc) is 2.64. The number of carbonyl (C=O) groups is 2. The molecule has 0 spiro atoms. The SMILES string of the molecule is O=C(CCCCCCC(=O)NCCOC1OC(CO)CC(O)C1O)N[S-].[Dy]. The Labute approximate surface area is 195 Å². The standard InChI is InChI=1S/C16H29N2O7S.Dy/c19-10-11-9-12(20)15(23)16(25-11)24-8-7-17-13(21)5-3-1-2-4-6-14(22)18-26;/h11-12,15-16,19-20,23H,1-10H2,(H2-,17,18,21,22,26);/q-1;. The zero-order chi connectivity index (χ0) is 19.4. The third-order valence-corrected chi connectivity index (χ3v) is 4.31. The fraction of sp³-hybridized carbons (Fsp3) is 0.875. The van der Waals surface area contributed by atoms with E-state index < -0.39 is 24.6 Å². The summed E-state index contributed by atoms with van der Waals surface area (Å²) in [7, 11) is 0. The summed E-state index contributed by atoms with van der Waals surface area (Å²) >= 11 is 4.42. The van der Waals surface area contributed by atoms with E-state index in [0.29, 0.717) is 12.8 Å². The number of hydrogen-bond acceptors (Lipinski definition) is 8. The van der Waals surface area contributed by atoms with E-state index in [0.717, 1.165) is 25.7 Å². The van der Waals surface area contributed by atoms with Gasteiger partial charge in [0, 0.05) is 64.0 Å². The quantitative estimate of drug-likeness (QED) is 0.151. The minimum Gasteiger partial charge on any atom is -0.668 e. The van der Waals surface area contributed by atoms with E-state index in [1.807, 2.05) is 0 Å². The van der Waals surface area contributed by atoms with Gasteiger partial charge in [0.25, 0.3) is 0 Å². The van der Waals surface area contributed by atoms with Gasteiger partial charge < -0.3 is 47.6 Å². The first kappa shape index (κ1) is 27.4. The molecule has 1 rings (SSSR count). The van der Waals surface area contributed by atoms with Crippen LogP contribution < -0.4 is 10.0 Å². The van der Waals surface area contributed by atoms with Crippen molar-refractivity contribution < 1.29 is 72.6 Å². The van der Waals surface area contributed by atoms with E-state index in [1.165, 1.54) is 0 Å². The number of carbonyl (C=O) groups excluding carboxylic acids is 2. The average molecular weight is 556 g/mol. The maximum Gasteiger partial charge on any atom is 0.220 e. The van der Waals surface area contributed by atoms with Crippen molar-refractivity contribution >= 4 is 24.6 Å². The van der Waals surface area contributed by atoms with Gasteiger partial charge in [-0.2, -0.15) is 0 Å². The predicted molar refractivity (Wildman–Crippen MR) is 94.5 cm³/mol. The molecule has 0 bridgehead atoms. The summed E-state index contributed by atoms with van der Waals surface area (Å²) in [6, 6.07) is 0. The number of ether oxygens (including phenoxy) is 2. The van der Waals surface area contributed by atoms with Crippen molar-refractivity contribution in [2.24, 2.45) is 0 Å². The number of aliphatic hydroxyl groups excluding tert-OH is 3. The monoisotopic (exact) mass is 557 g/mol. The topological polar surface area (TPSA) is 137 Å². The van der Waals surface area contributed by atoms with Crippen molar-refractivity contribution in [1.29, 1.82) is 0 Å². The van der Waals surface area contributed by atoms with Crippen LogP contribution >= 0.6 is 0 Å². The fourth-order valence-corrected chi connectivity index (χ4v) is 2.70. The zero-order valence-corrected chi connectivity index (χ0v) is 17.9. The summed E-state index contributed by atoms with van der Waals surface area (Å²) in [5.41, 5.74) is 0. The summed E-state index contributed by atoms with van der Waals surface area (Å²) in [6.07, 6.45) is 0.349. The van der Waals surface area contributed by atoms with Gasteiger partial charge in [-0.05, 0) is 12.8 Å². The fourth-order valence-electron chi connectivity index (χ4n) is 2.60. The molecule has 162 valence electrons. The Morgan fingerprint density at radius 1 is 1.11 bits per heavy atom. The van der Waals surface area contributed by atoms with Crippen LogP contribution in [0.25, 0.3) is 0 Å². The molecule has 1 aliphatic heterocycles. The van der Waals surface area contributed by atoms with Crippen molar-refractivity contribution in [2.45, 2.75) is 69.5 Å². The van der Waals surface area contributed by atoms with E-state index in [1.54, 1.807) is 0 Å². The Balaban J connectivity index is 0.00000676. The van der Waals surface area contributed by atoms with Crippen molar-refractivity contribution in [2.75, 3.05) is 19.8 Å². The number of unbranched alkanes of at least 4 members (excludes halogenated alkanes) is 3. The van der Waals surface area contributed by atoms with Gasteiger partial charge in [-0.25, -0.2) is 0 Å². The Morgan fingerprint density at radius 3 is 2.33 bits per heavy atom. The largest absolute Gasteiger partial charge is 0.668 e. The Morgan fingerprint density at radius 2 is 1.74 bits per heavy atom. The van der Waals surface area contributed by atoms with E-state index in [-0.39, 0.29) is 76.2 Å². The van der Waals surface area contributed by atoms with E-state index >= 15 is 0 Å². The van der Waals surface area contributed by atoms with Gasteiger partial charge >= 0.3 is 0 Å². The molecule has 1 saturated heterocycles. The van der Waals surface area contributed by atoms with Gasteiger partial charge in [-0.3, -0.25) is 9.59 Å². The molecule has 5 N–H and O–H groups in total. The molecule has 9 nitrogen and oxygen atoms in total. The van der Waals surface area contributed by atoms with E-state index in [2.05, 4.69) is 22.9 Å². The van der Waals surface area contributed by atoms with Crippen LogP contribution in [0.2, 0.25) is 0 Å². The Hall–Kier alpha value is 0.363. The van der Waals surface area contributed by atoms with Crippen LogP contribution in [-0.2, 0) is 31.9 Å². The van der Waals surface area contributed by atoms with Gasteiger partial charge in [-0.1, -0.05) is 12.8 Å². The molecule has 0 aromatic carbocycles. The normalized spacial score (nSPS) is 24.7. The third-order valence-electron chi connectivity index (χ3n) is 4.09. The molecule has 0 saturated carbocycles. The number of nitrogens with one attached hydrogen (secondary N) is 2. The number of hydrogen-bond donors (Lipinski definition) is 5. The molecule has 0 aromatic heterocycles. The molecule has 2 amide bonds. The van der Waals surface area contributed by atoms with Gasteiger partial charge in [0.2, 0.25) is 5.91 Å². The molecule has 0 radical (unpaired) electrons. The first-order chi connectivity index (χ1) is 12.5. The van der Waals surface area contributed by atoms with Crippen molar-refractivity contribution in [1.82, 2.24) is 10.0 Å². The van der Waals surface area contributed by atoms with Crippen LogP contribution in [-0.4, -0.2) is 71.5 Å². The van der Waals surface area contributed by atoms with Crippen molar-refractivity contribution in [3.05, 3.63) is 0 Å². The van der Waals surface area contributed by atoms with Crippen LogP contribution in [0.3, 0.4) is 0 Å². The summed E-state index contributed by atoms with van der Waals surface area (Å²) in [6.45, 7) is 0.108. The summed E-state index contributed by atoms with van der Waals surface area (Å²) in [5.74, 6) is -0.252. The molecule has 1 heterocycles. The van der Waals surface area contributed by atoms with Gasteiger partial charge in [0.1, 0.15) is 6.10 Å². The minimum absolute atomic E-state index is 0. The molecule has 0 aromatic rings. The predicted octanol–water partition coefficient (Wildman–Crippen LogP) is -1.13.